The number of fused-ring (bicyclic) bond motifs is 1. The summed E-state index contributed by atoms with van der Waals surface area (Å²) in [6.45, 7) is 11.1. The maximum Gasteiger partial charge on any atom is 0.414 e. The third-order valence-electron chi connectivity index (χ3n) is 2.62. The number of hydrogen-bond acceptors (Lipinski definition) is 5. The van der Waals surface area contributed by atoms with Crippen LogP contribution in [0.3, 0.4) is 0 Å². The highest BCUT2D eigenvalue weighted by Gasteiger charge is 2.23. The predicted octanol–water partition coefficient (Wildman–Crippen LogP) is 3.79. The molecule has 25 heavy (non-hydrogen) atoms. The number of carboxylic acid groups (broad SMARTS) is 1. The van der Waals surface area contributed by atoms with Crippen molar-refractivity contribution in [3.05, 3.63) is 23.1 Å². The molecule has 0 aromatic carbocycles. The lowest BCUT2D eigenvalue weighted by Gasteiger charge is -2.24. The second-order valence-electron chi connectivity index (χ2n) is 5.63. The van der Waals surface area contributed by atoms with Gasteiger partial charge in [0, 0.05) is 13.1 Å². The molecule has 0 aliphatic heterocycles. The quantitative estimate of drug-likeness (QED) is 0.765. The van der Waals surface area contributed by atoms with Crippen LogP contribution in [0.4, 0.5) is 10.5 Å². The van der Waals surface area contributed by atoms with Gasteiger partial charge in [-0.2, -0.15) is 5.10 Å². The highest BCUT2D eigenvalue weighted by molar-refractivity contribution is 6.29. The van der Waals surface area contributed by atoms with Gasteiger partial charge in [-0.3, -0.25) is 9.69 Å². The Kier molecular flexibility index (Phi) is 8.90. The molecule has 0 fully saturated rings. The molecule has 8 nitrogen and oxygen atoms in total. The summed E-state index contributed by atoms with van der Waals surface area (Å²) in [6.07, 6.45) is 1.20. The summed E-state index contributed by atoms with van der Waals surface area (Å²) in [5.41, 5.74) is 1.37. The van der Waals surface area contributed by atoms with Gasteiger partial charge in [0.15, 0.2) is 10.8 Å². The maximum absolute atomic E-state index is 12.1. The van der Waals surface area contributed by atoms with Crippen LogP contribution in [0.2, 0.25) is 5.15 Å². The van der Waals surface area contributed by atoms with E-state index in [1.165, 1.54) is 4.90 Å². The number of nitrogens with zero attached hydrogens (tertiary/aromatic N) is 4. The number of aromatic nitrogens is 3. The molecule has 0 saturated heterocycles. The van der Waals surface area contributed by atoms with Crippen LogP contribution in [0.15, 0.2) is 12.3 Å². The van der Waals surface area contributed by atoms with E-state index in [1.807, 2.05) is 41.5 Å². The number of hydrogen-bond donors (Lipinski definition) is 1. The van der Waals surface area contributed by atoms with Crippen molar-refractivity contribution in [1.82, 2.24) is 14.6 Å². The van der Waals surface area contributed by atoms with Gasteiger partial charge in [0.05, 0.1) is 17.6 Å². The van der Waals surface area contributed by atoms with Crippen LogP contribution in [0.25, 0.3) is 5.65 Å². The van der Waals surface area contributed by atoms with Crippen LogP contribution < -0.4 is 4.90 Å². The van der Waals surface area contributed by atoms with Crippen molar-refractivity contribution in [2.75, 3.05) is 11.9 Å². The molecular weight excluding hydrogens is 348 g/mol. The molecule has 0 radical (unpaired) electrons. The van der Waals surface area contributed by atoms with Crippen LogP contribution >= 0.6 is 11.6 Å². The van der Waals surface area contributed by atoms with Gasteiger partial charge >= 0.3 is 6.09 Å². The third-order valence-corrected chi connectivity index (χ3v) is 2.80. The summed E-state index contributed by atoms with van der Waals surface area (Å²) in [6, 6.07) is 1.59. The van der Waals surface area contributed by atoms with Crippen molar-refractivity contribution < 1.29 is 19.4 Å². The Balaban J connectivity index is 0.00000104. The van der Waals surface area contributed by atoms with E-state index in [0.29, 0.717) is 11.3 Å². The van der Waals surface area contributed by atoms with E-state index in [2.05, 4.69) is 10.1 Å². The Hall–Kier alpha value is -2.35. The van der Waals surface area contributed by atoms with E-state index >= 15 is 0 Å². The molecule has 9 heteroatoms. The summed E-state index contributed by atoms with van der Waals surface area (Å²) in [4.78, 5) is 26.1. The van der Waals surface area contributed by atoms with Crippen LogP contribution in [-0.4, -0.2) is 44.9 Å². The molecule has 2 aromatic heterocycles. The van der Waals surface area contributed by atoms with Gasteiger partial charge in [-0.1, -0.05) is 25.4 Å². The maximum atomic E-state index is 12.1. The predicted molar refractivity (Wildman–Crippen MR) is 97.4 cm³/mol. The topological polar surface area (TPSA) is 97.0 Å². The largest absolute Gasteiger partial charge is 0.483 e. The fourth-order valence-corrected chi connectivity index (χ4v) is 1.89. The van der Waals surface area contributed by atoms with Gasteiger partial charge in [0.25, 0.3) is 6.47 Å². The summed E-state index contributed by atoms with van der Waals surface area (Å²) in [5, 5.41) is 11.3. The van der Waals surface area contributed by atoms with Crippen LogP contribution in [0.1, 0.15) is 40.3 Å². The first-order valence-electron chi connectivity index (χ1n) is 7.66. The molecule has 0 aliphatic carbocycles. The number of anilines is 1. The number of imidazole rings is 1. The summed E-state index contributed by atoms with van der Waals surface area (Å²) < 4.78 is 6.93. The molecular formula is C16H25ClN4O4. The molecule has 2 heterocycles. The van der Waals surface area contributed by atoms with E-state index in [0.717, 1.165) is 5.69 Å². The standard InChI is InChI=1S/C13H17ClN4O2.C2H6.CH2O2/c1-8-7-15-11-9(6-10(14)16-18(8)11)17(5)12(19)20-13(2,3)4;1-2;2-1-3/h6-7H,1-5H3;1-2H3;1H,(H,2,3). The monoisotopic (exact) mass is 372 g/mol. The fourth-order valence-electron chi connectivity index (χ4n) is 1.71. The Labute approximate surface area is 152 Å². The Bertz CT molecular complexity index is 710. The third kappa shape index (κ3) is 6.58. The van der Waals surface area contributed by atoms with E-state index in [1.54, 1.807) is 23.8 Å². The second-order valence-corrected chi connectivity index (χ2v) is 6.02. The number of amides is 1. The van der Waals surface area contributed by atoms with Crippen molar-refractivity contribution in [2.24, 2.45) is 0 Å². The first-order valence-corrected chi connectivity index (χ1v) is 8.04. The van der Waals surface area contributed by atoms with Gasteiger partial charge in [-0.15, -0.1) is 0 Å². The minimum Gasteiger partial charge on any atom is -0.483 e. The Morgan fingerprint density at radius 1 is 1.40 bits per heavy atom. The van der Waals surface area contributed by atoms with Gasteiger partial charge in [-0.25, -0.2) is 14.3 Å². The number of halogens is 1. The number of aryl methyl sites for hydroxylation is 1. The lowest BCUT2D eigenvalue weighted by Crippen LogP contribution is -2.34. The number of carbonyl (C=O) groups is 2. The average Bonchev–Trinajstić information content (AvgIpc) is 2.88. The lowest BCUT2D eigenvalue weighted by atomic mass is 10.2. The van der Waals surface area contributed by atoms with Gasteiger partial charge in [-0.05, 0) is 27.7 Å². The van der Waals surface area contributed by atoms with Gasteiger partial charge in [0.2, 0.25) is 0 Å². The highest BCUT2D eigenvalue weighted by atomic mass is 35.5. The summed E-state index contributed by atoms with van der Waals surface area (Å²) >= 11 is 6.00. The Morgan fingerprint density at radius 2 is 1.92 bits per heavy atom. The zero-order valence-electron chi connectivity index (χ0n) is 15.6. The molecule has 2 aromatic rings. The van der Waals surface area contributed by atoms with Crippen molar-refractivity contribution >= 4 is 35.5 Å². The smallest absolute Gasteiger partial charge is 0.414 e. The minimum atomic E-state index is -0.566. The van der Waals surface area contributed by atoms with Crippen molar-refractivity contribution in [3.8, 4) is 0 Å². The van der Waals surface area contributed by atoms with Crippen LogP contribution in [0.5, 0.6) is 0 Å². The lowest BCUT2D eigenvalue weighted by molar-refractivity contribution is -0.122. The highest BCUT2D eigenvalue weighted by Crippen LogP contribution is 2.24. The first kappa shape index (κ1) is 22.6. The van der Waals surface area contributed by atoms with E-state index in [9.17, 15) is 4.79 Å². The fraction of sp³-hybridized carbons (Fsp3) is 0.500. The van der Waals surface area contributed by atoms with E-state index in [4.69, 9.17) is 26.2 Å². The molecule has 0 aliphatic rings. The number of rotatable bonds is 1. The number of ether oxygens (including phenoxy) is 1. The minimum absolute atomic E-state index is 0.250. The van der Waals surface area contributed by atoms with Gasteiger partial charge in [0.1, 0.15) is 5.60 Å². The summed E-state index contributed by atoms with van der Waals surface area (Å²) in [5.74, 6) is 0. The van der Waals surface area contributed by atoms with Gasteiger partial charge < -0.3 is 9.84 Å². The molecule has 0 bridgehead atoms. The van der Waals surface area contributed by atoms with Crippen LogP contribution in [0, 0.1) is 6.92 Å². The number of carbonyl (C=O) groups excluding carboxylic acids is 1. The van der Waals surface area contributed by atoms with Crippen molar-refractivity contribution in [3.63, 3.8) is 0 Å². The molecule has 1 amide bonds. The molecule has 2 rings (SSSR count). The van der Waals surface area contributed by atoms with Crippen molar-refractivity contribution in [2.45, 2.75) is 47.1 Å². The van der Waals surface area contributed by atoms with E-state index < -0.39 is 11.7 Å². The molecule has 0 spiro atoms. The molecule has 0 unspecified atom stereocenters. The zero-order valence-corrected chi connectivity index (χ0v) is 16.3. The molecule has 140 valence electrons. The SMILES string of the molecule is CC.Cc1cnc2c(N(C)C(=O)OC(C)(C)C)cc(Cl)nn12.O=CO. The second kappa shape index (κ2) is 9.83. The first-order chi connectivity index (χ1) is 11.6. The van der Waals surface area contributed by atoms with Crippen molar-refractivity contribution in [1.29, 1.82) is 0 Å². The average molecular weight is 373 g/mol. The zero-order chi connectivity index (χ0) is 19.8. The normalized spacial score (nSPS) is 10.1. The van der Waals surface area contributed by atoms with E-state index in [-0.39, 0.29) is 11.6 Å². The summed E-state index contributed by atoms with van der Waals surface area (Å²) in [7, 11) is 1.61. The Morgan fingerprint density at radius 3 is 2.40 bits per heavy atom. The molecule has 0 atom stereocenters. The molecule has 0 saturated carbocycles. The van der Waals surface area contributed by atoms with Crippen LogP contribution in [-0.2, 0) is 9.53 Å². The molecule has 1 N–H and O–H groups in total.